The minimum absolute atomic E-state index is 0.234. The molecule has 0 radical (unpaired) electrons. The minimum Gasteiger partial charge on any atom is -0.481 e. The van der Waals surface area contributed by atoms with E-state index < -0.39 is 5.97 Å². The number of H-pyrrole nitrogens is 1. The van der Waals surface area contributed by atoms with Gasteiger partial charge in [-0.25, -0.2) is 4.79 Å². The van der Waals surface area contributed by atoms with Crippen LogP contribution in [-0.2, 0) is 17.6 Å². The van der Waals surface area contributed by atoms with E-state index >= 15 is 0 Å². The molecule has 1 aromatic carbocycles. The Morgan fingerprint density at radius 3 is 2.56 bits per heavy atom. The van der Waals surface area contributed by atoms with Gasteiger partial charge in [0.2, 0.25) is 0 Å². The van der Waals surface area contributed by atoms with Crippen LogP contribution in [-0.4, -0.2) is 37.1 Å². The second-order valence-corrected chi connectivity index (χ2v) is 5.97. The van der Waals surface area contributed by atoms with Gasteiger partial charge in [0.25, 0.3) is 5.91 Å². The highest BCUT2D eigenvalue weighted by Crippen LogP contribution is 2.20. The Bertz CT molecular complexity index is 844. The standard InChI is InChI=1S/C21H24N2O4/c1-5-13-27-16-9-7-15(8-10-16)11-12-22-20(24)19-14(3)18(21(25)26-4)17(6-2)23-19/h1,7-10,23H,6,11-13H2,2-4H3,(H,22,24). The lowest BCUT2D eigenvalue weighted by molar-refractivity contribution is 0.0599. The van der Waals surface area contributed by atoms with E-state index in [0.29, 0.717) is 47.7 Å². The van der Waals surface area contributed by atoms with Gasteiger partial charge in [-0.15, -0.1) is 6.42 Å². The van der Waals surface area contributed by atoms with Crippen LogP contribution >= 0.6 is 0 Å². The highest BCUT2D eigenvalue weighted by molar-refractivity contribution is 6.00. The Kier molecular flexibility index (Phi) is 7.07. The second kappa shape index (κ2) is 9.48. The molecule has 0 bridgehead atoms. The zero-order valence-corrected chi connectivity index (χ0v) is 15.8. The van der Waals surface area contributed by atoms with Crippen LogP contribution in [0.1, 0.15) is 44.6 Å². The lowest BCUT2D eigenvalue weighted by Crippen LogP contribution is -2.26. The smallest absolute Gasteiger partial charge is 0.339 e. The van der Waals surface area contributed by atoms with Crippen LogP contribution in [0.25, 0.3) is 0 Å². The number of nitrogens with one attached hydrogen (secondary N) is 2. The molecule has 0 aliphatic rings. The fraction of sp³-hybridized carbons (Fsp3) is 0.333. The van der Waals surface area contributed by atoms with E-state index in [9.17, 15) is 9.59 Å². The number of methoxy groups -OCH3 is 1. The van der Waals surface area contributed by atoms with Crippen LogP contribution in [0.4, 0.5) is 0 Å². The number of esters is 1. The quantitative estimate of drug-likeness (QED) is 0.554. The van der Waals surface area contributed by atoms with Crippen LogP contribution in [0.5, 0.6) is 5.75 Å². The number of aromatic amines is 1. The van der Waals surface area contributed by atoms with Gasteiger partial charge in [-0.1, -0.05) is 25.0 Å². The first-order chi connectivity index (χ1) is 13.0. The van der Waals surface area contributed by atoms with Gasteiger partial charge in [0, 0.05) is 12.2 Å². The lowest BCUT2D eigenvalue weighted by Gasteiger charge is -2.07. The molecule has 142 valence electrons. The van der Waals surface area contributed by atoms with E-state index in [1.807, 2.05) is 31.2 Å². The van der Waals surface area contributed by atoms with Crippen molar-refractivity contribution in [2.45, 2.75) is 26.7 Å². The maximum absolute atomic E-state index is 12.5. The molecule has 1 heterocycles. The third-order valence-corrected chi connectivity index (χ3v) is 4.24. The van der Waals surface area contributed by atoms with Crippen molar-refractivity contribution in [3.8, 4) is 18.1 Å². The highest BCUT2D eigenvalue weighted by atomic mass is 16.5. The van der Waals surface area contributed by atoms with E-state index in [1.165, 1.54) is 7.11 Å². The van der Waals surface area contributed by atoms with Crippen LogP contribution in [0.3, 0.4) is 0 Å². The first-order valence-electron chi connectivity index (χ1n) is 8.74. The van der Waals surface area contributed by atoms with Gasteiger partial charge in [-0.3, -0.25) is 4.79 Å². The van der Waals surface area contributed by atoms with Crippen LogP contribution in [0.2, 0.25) is 0 Å². The molecule has 2 N–H and O–H groups in total. The molecule has 27 heavy (non-hydrogen) atoms. The number of aromatic nitrogens is 1. The number of carbonyl (C=O) groups excluding carboxylic acids is 2. The average Bonchev–Trinajstić information content (AvgIpc) is 3.03. The van der Waals surface area contributed by atoms with Crippen LogP contribution < -0.4 is 10.1 Å². The number of hydrogen-bond acceptors (Lipinski definition) is 4. The first kappa shape index (κ1) is 20.1. The number of aryl methyl sites for hydroxylation is 1. The molecule has 0 aliphatic heterocycles. The van der Waals surface area contributed by atoms with Crippen molar-refractivity contribution in [2.24, 2.45) is 0 Å². The van der Waals surface area contributed by atoms with E-state index in [4.69, 9.17) is 15.9 Å². The zero-order chi connectivity index (χ0) is 19.8. The number of terminal acetylenes is 1. The molecule has 0 saturated heterocycles. The summed E-state index contributed by atoms with van der Waals surface area (Å²) in [5.41, 5.74) is 3.20. The van der Waals surface area contributed by atoms with E-state index in [0.717, 1.165) is 5.56 Å². The second-order valence-electron chi connectivity index (χ2n) is 5.97. The number of hydrogen-bond donors (Lipinski definition) is 2. The maximum Gasteiger partial charge on any atom is 0.339 e. The molecule has 0 saturated carbocycles. The molecular formula is C21H24N2O4. The molecular weight excluding hydrogens is 344 g/mol. The Balaban J connectivity index is 1.97. The number of benzene rings is 1. The van der Waals surface area contributed by atoms with Crippen molar-refractivity contribution in [1.82, 2.24) is 10.3 Å². The molecule has 0 fully saturated rings. The highest BCUT2D eigenvalue weighted by Gasteiger charge is 2.23. The Labute approximate surface area is 159 Å². The van der Waals surface area contributed by atoms with Gasteiger partial charge in [0.15, 0.2) is 0 Å². The summed E-state index contributed by atoms with van der Waals surface area (Å²) in [5.74, 6) is 2.45. The van der Waals surface area contributed by atoms with Crippen molar-refractivity contribution < 1.29 is 19.1 Å². The average molecular weight is 368 g/mol. The van der Waals surface area contributed by atoms with E-state index in [2.05, 4.69) is 16.2 Å². The molecule has 0 unspecified atom stereocenters. The van der Waals surface area contributed by atoms with Gasteiger partial charge in [0.05, 0.1) is 12.7 Å². The van der Waals surface area contributed by atoms with Gasteiger partial charge in [-0.2, -0.15) is 0 Å². The molecule has 2 aromatic rings. The number of carbonyl (C=O) groups is 2. The van der Waals surface area contributed by atoms with E-state index in [-0.39, 0.29) is 12.5 Å². The molecule has 2 rings (SSSR count). The van der Waals surface area contributed by atoms with Gasteiger partial charge < -0.3 is 19.8 Å². The van der Waals surface area contributed by atoms with Crippen molar-refractivity contribution in [3.63, 3.8) is 0 Å². The summed E-state index contributed by atoms with van der Waals surface area (Å²) >= 11 is 0. The first-order valence-corrected chi connectivity index (χ1v) is 8.74. The van der Waals surface area contributed by atoms with Crippen LogP contribution in [0, 0.1) is 19.3 Å². The molecule has 6 nitrogen and oxygen atoms in total. The van der Waals surface area contributed by atoms with Crippen molar-refractivity contribution >= 4 is 11.9 Å². The Hall–Kier alpha value is -3.20. The van der Waals surface area contributed by atoms with Crippen LogP contribution in [0.15, 0.2) is 24.3 Å². The largest absolute Gasteiger partial charge is 0.481 e. The SMILES string of the molecule is C#CCOc1ccc(CCNC(=O)c2[nH]c(CC)c(C(=O)OC)c2C)cc1. The maximum atomic E-state index is 12.5. The van der Waals surface area contributed by atoms with Crippen molar-refractivity contribution in [2.75, 3.05) is 20.3 Å². The fourth-order valence-corrected chi connectivity index (χ4v) is 2.82. The molecule has 1 amide bonds. The zero-order valence-electron chi connectivity index (χ0n) is 15.8. The normalized spacial score (nSPS) is 10.1. The monoisotopic (exact) mass is 368 g/mol. The Morgan fingerprint density at radius 2 is 1.96 bits per heavy atom. The van der Waals surface area contributed by atoms with E-state index in [1.54, 1.807) is 6.92 Å². The minimum atomic E-state index is -0.438. The van der Waals surface area contributed by atoms with Gasteiger partial charge in [-0.05, 0) is 43.0 Å². The molecule has 0 spiro atoms. The van der Waals surface area contributed by atoms with Gasteiger partial charge in [0.1, 0.15) is 18.1 Å². The summed E-state index contributed by atoms with van der Waals surface area (Å²) in [7, 11) is 1.33. The number of ether oxygens (including phenoxy) is 2. The topological polar surface area (TPSA) is 80.4 Å². The summed E-state index contributed by atoms with van der Waals surface area (Å²) in [5, 5.41) is 2.88. The Morgan fingerprint density at radius 1 is 1.26 bits per heavy atom. The third kappa shape index (κ3) is 4.91. The fourth-order valence-electron chi connectivity index (χ4n) is 2.82. The predicted octanol–water partition coefficient (Wildman–Crippen LogP) is 2.66. The lowest BCUT2D eigenvalue weighted by atomic mass is 10.1. The predicted molar refractivity (Wildman–Crippen MR) is 103 cm³/mol. The number of amides is 1. The summed E-state index contributed by atoms with van der Waals surface area (Å²) in [6.45, 7) is 4.36. The van der Waals surface area contributed by atoms with Crippen molar-refractivity contribution in [1.29, 1.82) is 0 Å². The molecule has 0 atom stereocenters. The molecule has 0 aliphatic carbocycles. The third-order valence-electron chi connectivity index (χ3n) is 4.24. The summed E-state index contributed by atoms with van der Waals surface area (Å²) in [4.78, 5) is 27.5. The number of rotatable bonds is 8. The summed E-state index contributed by atoms with van der Waals surface area (Å²) in [6, 6.07) is 7.56. The molecule has 6 heteroatoms. The summed E-state index contributed by atoms with van der Waals surface area (Å²) < 4.78 is 10.1. The van der Waals surface area contributed by atoms with Gasteiger partial charge >= 0.3 is 5.97 Å². The summed E-state index contributed by atoms with van der Waals surface area (Å²) in [6.07, 6.45) is 6.44. The molecule has 1 aromatic heterocycles. The van der Waals surface area contributed by atoms with Crippen molar-refractivity contribution in [3.05, 3.63) is 52.3 Å².